The van der Waals surface area contributed by atoms with Crippen molar-refractivity contribution in [2.75, 3.05) is 25.0 Å². The average Bonchev–Trinajstić information content (AvgIpc) is 3.29. The molecule has 3 rings (SSSR count). The van der Waals surface area contributed by atoms with Crippen molar-refractivity contribution in [3.8, 4) is 9.88 Å². The number of nitrogens with one attached hydrogen (secondary N) is 1. The third-order valence-corrected chi connectivity index (χ3v) is 5.72. The van der Waals surface area contributed by atoms with Crippen molar-refractivity contribution >= 4 is 34.3 Å². The minimum absolute atomic E-state index is 0.117. The molecular weight excluding hydrogens is 357 g/mol. The van der Waals surface area contributed by atoms with Crippen LogP contribution in [-0.2, 0) is 0 Å². The molecule has 1 aromatic carbocycles. The first kappa shape index (κ1) is 17.6. The highest BCUT2D eigenvalue weighted by Crippen LogP contribution is 2.28. The van der Waals surface area contributed by atoms with Gasteiger partial charge < -0.3 is 10.2 Å². The maximum atomic E-state index is 13.7. The van der Waals surface area contributed by atoms with Crippen LogP contribution in [-0.4, -0.2) is 31.0 Å². The molecule has 2 aromatic heterocycles. The maximum Gasteiger partial charge on any atom is 0.263 e. The van der Waals surface area contributed by atoms with E-state index in [4.69, 9.17) is 0 Å². The Morgan fingerprint density at radius 2 is 2.12 bits per heavy atom. The molecular formula is C18H18FN3OS2. The fraction of sp³-hybridized carbons (Fsp3) is 0.222. The third kappa shape index (κ3) is 4.43. The number of nitrogens with zero attached hydrogens (tertiary/aromatic N) is 2. The molecule has 25 heavy (non-hydrogen) atoms. The summed E-state index contributed by atoms with van der Waals surface area (Å²) in [5.41, 5.74) is 0.567. The highest BCUT2D eigenvalue weighted by molar-refractivity contribution is 7.21. The number of rotatable bonds is 7. The van der Waals surface area contributed by atoms with Gasteiger partial charge in [0.1, 0.15) is 15.7 Å². The summed E-state index contributed by atoms with van der Waals surface area (Å²) in [4.78, 5) is 20.0. The van der Waals surface area contributed by atoms with E-state index in [9.17, 15) is 9.18 Å². The second kappa shape index (κ2) is 8.22. The summed E-state index contributed by atoms with van der Waals surface area (Å²) in [6.45, 7) is 1.19. The van der Waals surface area contributed by atoms with E-state index in [0.717, 1.165) is 16.3 Å². The lowest BCUT2D eigenvalue weighted by molar-refractivity contribution is 0.0957. The molecule has 2 heterocycles. The molecule has 0 atom stereocenters. The molecule has 0 saturated carbocycles. The molecule has 0 aliphatic heterocycles. The number of carbonyl (C=O) groups excluding carboxylic acids is 1. The predicted octanol–water partition coefficient (Wildman–Crippen LogP) is 4.27. The van der Waals surface area contributed by atoms with Crippen LogP contribution >= 0.6 is 22.7 Å². The summed E-state index contributed by atoms with van der Waals surface area (Å²) in [5.74, 6) is -0.353. The number of thiazole rings is 1. The minimum Gasteiger partial charge on any atom is -0.372 e. The van der Waals surface area contributed by atoms with Gasteiger partial charge in [-0.1, -0.05) is 18.2 Å². The van der Waals surface area contributed by atoms with Gasteiger partial charge in [-0.15, -0.1) is 22.7 Å². The number of hydrogen-bond acceptors (Lipinski definition) is 5. The Balaban J connectivity index is 1.46. The zero-order valence-corrected chi connectivity index (χ0v) is 15.4. The molecule has 0 bridgehead atoms. The van der Waals surface area contributed by atoms with Crippen molar-refractivity contribution in [2.45, 2.75) is 6.42 Å². The van der Waals surface area contributed by atoms with Crippen molar-refractivity contribution in [2.24, 2.45) is 0 Å². The zero-order chi connectivity index (χ0) is 17.6. The van der Waals surface area contributed by atoms with Gasteiger partial charge in [0.15, 0.2) is 0 Å². The Labute approximate surface area is 154 Å². The van der Waals surface area contributed by atoms with Crippen LogP contribution in [0.3, 0.4) is 0 Å². The van der Waals surface area contributed by atoms with E-state index in [-0.39, 0.29) is 11.7 Å². The average molecular weight is 375 g/mol. The lowest BCUT2D eigenvalue weighted by Gasteiger charge is -2.19. The van der Waals surface area contributed by atoms with Gasteiger partial charge in [0.2, 0.25) is 0 Å². The van der Waals surface area contributed by atoms with Crippen LogP contribution in [0.5, 0.6) is 0 Å². The maximum absolute atomic E-state index is 13.7. The summed E-state index contributed by atoms with van der Waals surface area (Å²) in [5, 5.41) is 5.74. The Bertz CT molecular complexity index is 832. The van der Waals surface area contributed by atoms with Gasteiger partial charge in [-0.05, 0) is 30.0 Å². The minimum atomic E-state index is -0.236. The number of para-hydroxylation sites is 1. The van der Waals surface area contributed by atoms with Gasteiger partial charge >= 0.3 is 0 Å². The van der Waals surface area contributed by atoms with Crippen molar-refractivity contribution in [1.29, 1.82) is 0 Å². The Hall–Kier alpha value is -2.25. The van der Waals surface area contributed by atoms with Gasteiger partial charge in [0, 0.05) is 20.1 Å². The SMILES string of the molecule is CN(CCCNC(=O)c1cnc(-c2cccs2)s1)c1ccccc1F. The van der Waals surface area contributed by atoms with Gasteiger partial charge in [-0.25, -0.2) is 9.37 Å². The van der Waals surface area contributed by atoms with Crippen LogP contribution in [0.4, 0.5) is 10.1 Å². The first-order valence-electron chi connectivity index (χ1n) is 7.88. The normalized spacial score (nSPS) is 10.6. The number of carbonyl (C=O) groups is 1. The zero-order valence-electron chi connectivity index (χ0n) is 13.7. The fourth-order valence-corrected chi connectivity index (χ4v) is 4.02. The van der Waals surface area contributed by atoms with Crippen LogP contribution in [0.2, 0.25) is 0 Å². The summed E-state index contributed by atoms with van der Waals surface area (Å²) in [6.07, 6.45) is 2.34. The molecule has 7 heteroatoms. The van der Waals surface area contributed by atoms with Crippen LogP contribution in [0.15, 0.2) is 48.0 Å². The van der Waals surface area contributed by atoms with Crippen LogP contribution in [0.1, 0.15) is 16.1 Å². The molecule has 0 aliphatic carbocycles. The molecule has 0 fully saturated rings. The lowest BCUT2D eigenvalue weighted by atomic mass is 10.2. The molecule has 3 aromatic rings. The van der Waals surface area contributed by atoms with Crippen molar-refractivity contribution < 1.29 is 9.18 Å². The van der Waals surface area contributed by atoms with E-state index < -0.39 is 0 Å². The molecule has 0 aliphatic rings. The summed E-state index contributed by atoms with van der Waals surface area (Å²) in [6, 6.07) is 10.6. The van der Waals surface area contributed by atoms with Crippen molar-refractivity contribution in [3.05, 3.63) is 58.7 Å². The number of halogens is 1. The second-order valence-corrected chi connectivity index (χ2v) is 7.47. The number of aromatic nitrogens is 1. The van der Waals surface area contributed by atoms with Gasteiger partial charge in [0.05, 0.1) is 16.8 Å². The second-order valence-electron chi connectivity index (χ2n) is 5.49. The first-order valence-corrected chi connectivity index (χ1v) is 9.58. The van der Waals surface area contributed by atoms with Gasteiger partial charge in [-0.2, -0.15) is 0 Å². The summed E-state index contributed by atoms with van der Waals surface area (Å²) in [7, 11) is 1.84. The number of amides is 1. The first-order chi connectivity index (χ1) is 12.1. The predicted molar refractivity (Wildman–Crippen MR) is 102 cm³/mol. The fourth-order valence-electron chi connectivity index (χ4n) is 2.38. The van der Waals surface area contributed by atoms with E-state index in [1.165, 1.54) is 17.4 Å². The van der Waals surface area contributed by atoms with E-state index in [2.05, 4.69) is 10.3 Å². The third-order valence-electron chi connectivity index (χ3n) is 3.68. The summed E-state index contributed by atoms with van der Waals surface area (Å²) < 4.78 is 13.7. The number of anilines is 1. The Kier molecular flexibility index (Phi) is 5.78. The standard InChI is InChI=1S/C18H18FN3OS2/c1-22(14-7-3-2-6-13(14)19)10-5-9-20-17(23)16-12-21-18(25-16)15-8-4-11-24-15/h2-4,6-8,11-12H,5,9-10H2,1H3,(H,20,23). The van der Waals surface area contributed by atoms with Crippen molar-refractivity contribution in [3.63, 3.8) is 0 Å². The number of hydrogen-bond donors (Lipinski definition) is 1. The number of benzene rings is 1. The smallest absolute Gasteiger partial charge is 0.263 e. The molecule has 0 unspecified atom stereocenters. The van der Waals surface area contributed by atoms with E-state index in [1.54, 1.807) is 29.7 Å². The highest BCUT2D eigenvalue weighted by atomic mass is 32.1. The van der Waals surface area contributed by atoms with Gasteiger partial charge in [-0.3, -0.25) is 4.79 Å². The number of thiophene rings is 1. The lowest BCUT2D eigenvalue weighted by Crippen LogP contribution is -2.28. The van der Waals surface area contributed by atoms with E-state index in [0.29, 0.717) is 23.7 Å². The topological polar surface area (TPSA) is 45.2 Å². The Morgan fingerprint density at radius 1 is 1.28 bits per heavy atom. The van der Waals surface area contributed by atoms with Crippen molar-refractivity contribution in [1.82, 2.24) is 10.3 Å². The monoisotopic (exact) mass is 375 g/mol. The van der Waals surface area contributed by atoms with Gasteiger partial charge in [0.25, 0.3) is 5.91 Å². The molecule has 0 saturated heterocycles. The molecule has 0 spiro atoms. The molecule has 130 valence electrons. The van der Waals surface area contributed by atoms with E-state index >= 15 is 0 Å². The Morgan fingerprint density at radius 3 is 2.88 bits per heavy atom. The van der Waals surface area contributed by atoms with Crippen LogP contribution in [0.25, 0.3) is 9.88 Å². The molecule has 0 radical (unpaired) electrons. The highest BCUT2D eigenvalue weighted by Gasteiger charge is 2.12. The molecule has 1 N–H and O–H groups in total. The quantitative estimate of drug-likeness (QED) is 0.628. The molecule has 4 nitrogen and oxygen atoms in total. The van der Waals surface area contributed by atoms with Crippen LogP contribution < -0.4 is 10.2 Å². The van der Waals surface area contributed by atoms with Crippen LogP contribution in [0, 0.1) is 5.82 Å². The molecule has 1 amide bonds. The van der Waals surface area contributed by atoms with E-state index in [1.807, 2.05) is 35.5 Å². The summed E-state index contributed by atoms with van der Waals surface area (Å²) >= 11 is 2.99. The largest absolute Gasteiger partial charge is 0.372 e.